The normalized spacial score (nSPS) is 35.6. The lowest BCUT2D eigenvalue weighted by atomic mass is 9.79. The minimum atomic E-state index is 0.836. The van der Waals surface area contributed by atoms with Crippen molar-refractivity contribution in [3.8, 4) is 0 Å². The van der Waals surface area contributed by atoms with Crippen LogP contribution in [0.2, 0.25) is 0 Å². The summed E-state index contributed by atoms with van der Waals surface area (Å²) in [7, 11) is 0. The van der Waals surface area contributed by atoms with Crippen LogP contribution in [-0.2, 0) is 0 Å². The lowest BCUT2D eigenvalue weighted by Gasteiger charge is -2.27. The number of nitrogens with zero attached hydrogens (tertiary/aromatic N) is 2. The predicted molar refractivity (Wildman–Crippen MR) is 75.0 cm³/mol. The van der Waals surface area contributed by atoms with E-state index in [4.69, 9.17) is 0 Å². The van der Waals surface area contributed by atoms with Gasteiger partial charge in [-0.15, -0.1) is 0 Å². The maximum Gasteiger partial charge on any atom is 0.0388 e. The van der Waals surface area contributed by atoms with Gasteiger partial charge >= 0.3 is 0 Å². The van der Waals surface area contributed by atoms with Crippen LogP contribution in [0.3, 0.4) is 0 Å². The van der Waals surface area contributed by atoms with E-state index in [0.717, 1.165) is 36.8 Å². The minimum absolute atomic E-state index is 0.836. The highest BCUT2D eigenvalue weighted by atomic mass is 14.7. The van der Waals surface area contributed by atoms with Crippen molar-refractivity contribution in [2.75, 3.05) is 13.1 Å². The molecule has 0 aromatic heterocycles. The Kier molecular flexibility index (Phi) is 4.52. The van der Waals surface area contributed by atoms with Crippen LogP contribution in [0, 0.1) is 23.7 Å². The summed E-state index contributed by atoms with van der Waals surface area (Å²) < 4.78 is 0. The van der Waals surface area contributed by atoms with E-state index in [9.17, 15) is 0 Å². The molecule has 0 heterocycles. The van der Waals surface area contributed by atoms with Crippen molar-refractivity contribution in [3.63, 3.8) is 0 Å². The van der Waals surface area contributed by atoms with E-state index in [-0.39, 0.29) is 0 Å². The topological polar surface area (TPSA) is 24.7 Å². The molecule has 1 saturated carbocycles. The largest absolute Gasteiger partial charge is 0.298 e. The van der Waals surface area contributed by atoms with E-state index in [1.165, 1.54) is 19.3 Å². The van der Waals surface area contributed by atoms with Crippen LogP contribution >= 0.6 is 0 Å². The Morgan fingerprint density at radius 3 is 1.82 bits per heavy atom. The van der Waals surface area contributed by atoms with Crippen LogP contribution in [0.1, 0.15) is 33.1 Å². The molecule has 1 fully saturated rings. The Labute approximate surface area is 105 Å². The second-order valence-electron chi connectivity index (χ2n) is 5.18. The van der Waals surface area contributed by atoms with Crippen LogP contribution in [0.25, 0.3) is 0 Å². The summed E-state index contributed by atoms with van der Waals surface area (Å²) in [4.78, 5) is 8.74. The summed E-state index contributed by atoms with van der Waals surface area (Å²) >= 11 is 0. The molecule has 2 aliphatic rings. The van der Waals surface area contributed by atoms with Crippen molar-refractivity contribution >= 4 is 12.4 Å². The summed E-state index contributed by atoms with van der Waals surface area (Å²) in [6.45, 7) is 6.03. The van der Waals surface area contributed by atoms with Gasteiger partial charge in [-0.25, -0.2) is 0 Å². The van der Waals surface area contributed by atoms with Gasteiger partial charge in [0.15, 0.2) is 0 Å². The molecule has 0 saturated heterocycles. The maximum absolute atomic E-state index is 4.37. The molecule has 0 N–H and O–H groups in total. The standard InChI is InChI=1S/C15H24N2/c1-3-16-9-7-14-12-5-6-13(11-12)15(14)8-10-17-4-2/h3-6,12-15H,7-11H2,1-2H3. The molecule has 2 rings (SSSR count). The smallest absolute Gasteiger partial charge is 0.0388 e. The van der Waals surface area contributed by atoms with Gasteiger partial charge in [-0.1, -0.05) is 12.2 Å². The molecule has 17 heavy (non-hydrogen) atoms. The van der Waals surface area contributed by atoms with E-state index >= 15 is 0 Å². The molecule has 0 amide bonds. The molecule has 0 aromatic rings. The zero-order valence-electron chi connectivity index (χ0n) is 11.0. The molecule has 2 aliphatic carbocycles. The van der Waals surface area contributed by atoms with E-state index in [1.807, 2.05) is 26.3 Å². The van der Waals surface area contributed by atoms with Crippen LogP contribution in [0.15, 0.2) is 22.1 Å². The zero-order valence-corrected chi connectivity index (χ0v) is 11.0. The first kappa shape index (κ1) is 12.5. The molecule has 2 bridgehead atoms. The van der Waals surface area contributed by atoms with Gasteiger partial charge in [0.1, 0.15) is 0 Å². The lowest BCUT2D eigenvalue weighted by molar-refractivity contribution is 0.282. The lowest BCUT2D eigenvalue weighted by Crippen LogP contribution is -2.21. The van der Waals surface area contributed by atoms with Crippen molar-refractivity contribution in [1.29, 1.82) is 0 Å². The highest BCUT2D eigenvalue weighted by Gasteiger charge is 2.43. The zero-order chi connectivity index (χ0) is 12.1. The number of aliphatic imine (C=N–C) groups is 2. The summed E-state index contributed by atoms with van der Waals surface area (Å²) in [5.74, 6) is 3.40. The SMILES string of the molecule is CC=NCCC1C2C=CC(C2)C1CCN=CC. The molecule has 0 aliphatic heterocycles. The van der Waals surface area contributed by atoms with Crippen molar-refractivity contribution in [2.45, 2.75) is 33.1 Å². The Morgan fingerprint density at radius 2 is 1.41 bits per heavy atom. The van der Waals surface area contributed by atoms with Crippen molar-refractivity contribution < 1.29 is 0 Å². The third-order valence-electron chi connectivity index (χ3n) is 4.35. The van der Waals surface area contributed by atoms with Gasteiger partial charge < -0.3 is 0 Å². The summed E-state index contributed by atoms with van der Waals surface area (Å²) in [6, 6.07) is 0. The average molecular weight is 232 g/mol. The quantitative estimate of drug-likeness (QED) is 0.495. The molecule has 4 unspecified atom stereocenters. The molecular formula is C15H24N2. The third-order valence-corrected chi connectivity index (χ3v) is 4.35. The first-order valence-corrected chi connectivity index (χ1v) is 6.94. The van der Waals surface area contributed by atoms with Crippen molar-refractivity contribution in [2.24, 2.45) is 33.7 Å². The van der Waals surface area contributed by atoms with Gasteiger partial charge in [-0.05, 0) is 69.2 Å². The molecule has 94 valence electrons. The molecule has 2 nitrogen and oxygen atoms in total. The highest BCUT2D eigenvalue weighted by molar-refractivity contribution is 5.53. The Morgan fingerprint density at radius 1 is 0.941 bits per heavy atom. The second-order valence-corrected chi connectivity index (χ2v) is 5.18. The van der Waals surface area contributed by atoms with Crippen LogP contribution in [0.4, 0.5) is 0 Å². The monoisotopic (exact) mass is 232 g/mol. The van der Waals surface area contributed by atoms with Crippen molar-refractivity contribution in [3.05, 3.63) is 12.2 Å². The van der Waals surface area contributed by atoms with Crippen LogP contribution in [0.5, 0.6) is 0 Å². The molecule has 2 heteroatoms. The number of hydrogen-bond acceptors (Lipinski definition) is 2. The molecular weight excluding hydrogens is 208 g/mol. The average Bonchev–Trinajstić information content (AvgIpc) is 2.92. The summed E-state index contributed by atoms with van der Waals surface area (Å²) in [5.41, 5.74) is 0. The van der Waals surface area contributed by atoms with Gasteiger partial charge in [0.05, 0.1) is 0 Å². The first-order valence-electron chi connectivity index (χ1n) is 6.94. The highest BCUT2D eigenvalue weighted by Crippen LogP contribution is 2.50. The van der Waals surface area contributed by atoms with Gasteiger partial charge in [-0.3, -0.25) is 9.98 Å². The second kappa shape index (κ2) is 6.13. The van der Waals surface area contributed by atoms with E-state index in [1.54, 1.807) is 0 Å². The Hall–Kier alpha value is -0.920. The fourth-order valence-electron chi connectivity index (χ4n) is 3.59. The van der Waals surface area contributed by atoms with Gasteiger partial charge in [-0.2, -0.15) is 0 Å². The van der Waals surface area contributed by atoms with E-state index < -0.39 is 0 Å². The van der Waals surface area contributed by atoms with E-state index in [2.05, 4.69) is 22.1 Å². The molecule has 4 atom stereocenters. The predicted octanol–water partition coefficient (Wildman–Crippen LogP) is 3.39. The fraction of sp³-hybridized carbons (Fsp3) is 0.733. The third kappa shape index (κ3) is 2.85. The van der Waals surface area contributed by atoms with Gasteiger partial charge in [0, 0.05) is 13.1 Å². The molecule has 0 spiro atoms. The summed E-state index contributed by atoms with van der Waals surface area (Å²) in [6.07, 6.45) is 12.7. The number of allylic oxidation sites excluding steroid dienone is 2. The van der Waals surface area contributed by atoms with Crippen molar-refractivity contribution in [1.82, 2.24) is 0 Å². The number of rotatable bonds is 6. The number of hydrogen-bond donors (Lipinski definition) is 0. The van der Waals surface area contributed by atoms with Gasteiger partial charge in [0.25, 0.3) is 0 Å². The van der Waals surface area contributed by atoms with Crippen LogP contribution in [-0.4, -0.2) is 25.5 Å². The first-order chi connectivity index (χ1) is 8.36. The Balaban J connectivity index is 1.89. The fourth-order valence-corrected chi connectivity index (χ4v) is 3.59. The molecule has 0 radical (unpaired) electrons. The minimum Gasteiger partial charge on any atom is -0.298 e. The van der Waals surface area contributed by atoms with Gasteiger partial charge in [0.2, 0.25) is 0 Å². The Bertz CT molecular complexity index is 287. The molecule has 0 aromatic carbocycles. The summed E-state index contributed by atoms with van der Waals surface area (Å²) in [5, 5.41) is 0. The van der Waals surface area contributed by atoms with Crippen LogP contribution < -0.4 is 0 Å². The maximum atomic E-state index is 4.37. The van der Waals surface area contributed by atoms with E-state index in [0.29, 0.717) is 0 Å². The number of fused-ring (bicyclic) bond motifs is 2.